The number of para-hydroxylation sites is 1. The van der Waals surface area contributed by atoms with Crippen LogP contribution in [0.5, 0.6) is 0 Å². The lowest BCUT2D eigenvalue weighted by molar-refractivity contribution is -0.383. The molecule has 176 valence electrons. The first kappa shape index (κ1) is 22.4. The van der Waals surface area contributed by atoms with E-state index in [1.165, 1.54) is 17.8 Å². The number of nitrogens with two attached hydrogens (primary N) is 1. The van der Waals surface area contributed by atoms with E-state index in [1.807, 2.05) is 28.8 Å². The number of fused-ring (bicyclic) bond motifs is 2. The lowest BCUT2D eigenvalue weighted by Gasteiger charge is -2.04. The molecule has 4 aromatic rings. The summed E-state index contributed by atoms with van der Waals surface area (Å²) in [7, 11) is 0. The fraction of sp³-hybridized carbons (Fsp3) is 0.125. The third-order valence-electron chi connectivity index (χ3n) is 5.94. The highest BCUT2D eigenvalue weighted by Gasteiger charge is 2.36. The van der Waals surface area contributed by atoms with E-state index >= 15 is 0 Å². The number of aryl methyl sites for hydroxylation is 1. The normalized spacial score (nSPS) is 13.7. The zero-order valence-corrected chi connectivity index (χ0v) is 19.1. The Bertz CT molecular complexity index is 1580. The minimum Gasteiger partial charge on any atom is -0.379 e. The highest BCUT2D eigenvalue weighted by atomic mass is 32.2. The highest BCUT2D eigenvalue weighted by Crippen LogP contribution is 2.41. The van der Waals surface area contributed by atoms with Crippen LogP contribution >= 0.6 is 11.8 Å². The number of nitro benzene ring substituents is 1. The van der Waals surface area contributed by atoms with Gasteiger partial charge in [0.2, 0.25) is 0 Å². The summed E-state index contributed by atoms with van der Waals surface area (Å²) in [5.74, 6) is -0.548. The van der Waals surface area contributed by atoms with E-state index in [0.29, 0.717) is 40.7 Å². The van der Waals surface area contributed by atoms with Crippen molar-refractivity contribution in [2.45, 2.75) is 13.0 Å². The summed E-state index contributed by atoms with van der Waals surface area (Å²) in [6.07, 6.45) is 4.01. The maximum atomic E-state index is 13.1. The van der Waals surface area contributed by atoms with E-state index in [0.717, 1.165) is 10.9 Å². The fourth-order valence-corrected chi connectivity index (χ4v) is 5.02. The summed E-state index contributed by atoms with van der Waals surface area (Å²) >= 11 is 1.21. The van der Waals surface area contributed by atoms with Crippen LogP contribution in [-0.4, -0.2) is 37.2 Å². The second kappa shape index (κ2) is 8.76. The number of benzene rings is 2. The van der Waals surface area contributed by atoms with Crippen molar-refractivity contribution in [3.05, 3.63) is 76.1 Å². The summed E-state index contributed by atoms with van der Waals surface area (Å²) in [6.45, 7) is 0.489. The molecule has 0 spiro atoms. The van der Waals surface area contributed by atoms with Crippen LogP contribution in [-0.2, 0) is 16.1 Å². The van der Waals surface area contributed by atoms with Gasteiger partial charge in [0.05, 0.1) is 27.0 Å². The molecule has 11 heteroatoms. The van der Waals surface area contributed by atoms with Gasteiger partial charge in [0.1, 0.15) is 0 Å². The van der Waals surface area contributed by atoms with Gasteiger partial charge >= 0.3 is 0 Å². The van der Waals surface area contributed by atoms with Crippen LogP contribution in [0.15, 0.2) is 54.9 Å². The molecule has 0 atom stereocenters. The topological polar surface area (TPSA) is 160 Å². The Morgan fingerprint density at radius 3 is 2.57 bits per heavy atom. The van der Waals surface area contributed by atoms with E-state index < -0.39 is 16.7 Å². The van der Waals surface area contributed by atoms with Crippen molar-refractivity contribution in [3.8, 4) is 0 Å². The fourth-order valence-electron chi connectivity index (χ4n) is 4.52. The van der Waals surface area contributed by atoms with E-state index in [1.54, 1.807) is 24.5 Å². The average molecular weight is 489 g/mol. The van der Waals surface area contributed by atoms with Crippen molar-refractivity contribution in [1.29, 1.82) is 5.41 Å². The number of carbonyl (C=O) groups is 2. The van der Waals surface area contributed by atoms with Gasteiger partial charge in [-0.1, -0.05) is 36.0 Å². The molecule has 35 heavy (non-hydrogen) atoms. The average Bonchev–Trinajstić information content (AvgIpc) is 3.49. The number of hydrogen-bond acceptors (Lipinski definition) is 6. The third kappa shape index (κ3) is 3.85. The van der Waals surface area contributed by atoms with Crippen LogP contribution in [0.4, 0.5) is 5.69 Å². The molecular formula is C24H20N6O4S. The van der Waals surface area contributed by atoms with Gasteiger partial charge in [0.15, 0.2) is 5.17 Å². The minimum atomic E-state index is -0.598. The zero-order chi connectivity index (χ0) is 24.7. The number of nitro groups is 1. The van der Waals surface area contributed by atoms with Gasteiger partial charge in [0, 0.05) is 52.8 Å². The molecule has 10 nitrogen and oxygen atoms in total. The van der Waals surface area contributed by atoms with Crippen molar-refractivity contribution in [1.82, 2.24) is 14.9 Å². The number of aromatic amines is 1. The summed E-state index contributed by atoms with van der Waals surface area (Å²) < 4.78 is 1.84. The Hall–Kier alpha value is -4.38. The highest BCUT2D eigenvalue weighted by molar-refractivity contribution is 8.13. The number of nitrogens with zero attached hydrogens (tertiary/aromatic N) is 2. The molecule has 0 aliphatic carbocycles. The first-order valence-corrected chi connectivity index (χ1v) is 11.7. The van der Waals surface area contributed by atoms with E-state index in [-0.39, 0.29) is 22.0 Å². The van der Waals surface area contributed by atoms with Gasteiger partial charge in [-0.2, -0.15) is 0 Å². The second-order valence-corrected chi connectivity index (χ2v) is 9.15. The molecule has 1 aliphatic heterocycles. The Balaban J connectivity index is 1.74. The molecule has 2 aromatic heterocycles. The van der Waals surface area contributed by atoms with Crippen molar-refractivity contribution >= 4 is 67.4 Å². The van der Waals surface area contributed by atoms with Crippen LogP contribution in [0.1, 0.15) is 17.5 Å². The third-order valence-corrected chi connectivity index (χ3v) is 6.74. The lowest BCUT2D eigenvalue weighted by Crippen LogP contribution is -2.22. The number of hydrogen-bond donors (Lipinski definition) is 4. The van der Waals surface area contributed by atoms with Gasteiger partial charge in [-0.15, -0.1) is 0 Å². The number of thioether (sulfide) groups is 1. The molecule has 0 unspecified atom stereocenters. The van der Waals surface area contributed by atoms with Crippen LogP contribution in [0.2, 0.25) is 0 Å². The van der Waals surface area contributed by atoms with Crippen molar-refractivity contribution < 1.29 is 14.5 Å². The number of H-pyrrole nitrogens is 1. The number of imide groups is 1. The smallest absolute Gasteiger partial charge is 0.279 e. The molecule has 1 aliphatic rings. The Morgan fingerprint density at radius 2 is 1.83 bits per heavy atom. The van der Waals surface area contributed by atoms with Crippen molar-refractivity contribution in [2.24, 2.45) is 5.73 Å². The monoisotopic (exact) mass is 488 g/mol. The molecule has 0 bridgehead atoms. The Kier molecular flexibility index (Phi) is 5.61. The van der Waals surface area contributed by atoms with Gasteiger partial charge in [-0.25, -0.2) is 0 Å². The Labute approximate surface area is 202 Å². The lowest BCUT2D eigenvalue weighted by atomic mass is 9.95. The van der Waals surface area contributed by atoms with Crippen molar-refractivity contribution in [2.75, 3.05) is 5.75 Å². The molecule has 5 rings (SSSR count). The van der Waals surface area contributed by atoms with Gasteiger partial charge in [-0.3, -0.25) is 30.4 Å². The van der Waals surface area contributed by atoms with Crippen LogP contribution in [0.3, 0.4) is 0 Å². The molecule has 0 radical (unpaired) electrons. The van der Waals surface area contributed by atoms with Gasteiger partial charge in [-0.05, 0) is 18.6 Å². The van der Waals surface area contributed by atoms with Crippen molar-refractivity contribution in [3.63, 3.8) is 0 Å². The maximum absolute atomic E-state index is 13.1. The predicted octanol–water partition coefficient (Wildman–Crippen LogP) is 3.61. The molecule has 5 N–H and O–H groups in total. The number of carbonyl (C=O) groups excluding carboxylic acids is 2. The van der Waals surface area contributed by atoms with E-state index in [2.05, 4.69) is 10.3 Å². The van der Waals surface area contributed by atoms with Crippen LogP contribution < -0.4 is 11.1 Å². The maximum Gasteiger partial charge on any atom is 0.279 e. The van der Waals surface area contributed by atoms with Gasteiger partial charge in [0.25, 0.3) is 17.5 Å². The summed E-state index contributed by atoms with van der Waals surface area (Å²) in [5.41, 5.74) is 7.82. The minimum absolute atomic E-state index is 0.0216. The molecule has 0 saturated heterocycles. The molecule has 3 heterocycles. The number of nitrogens with one attached hydrogen (secondary N) is 3. The summed E-state index contributed by atoms with van der Waals surface area (Å²) in [5, 5.41) is 22.7. The standard InChI is InChI=1S/C24H20N6O4S/c25-24(26)35-10-4-9-29-12-15(19-17(29)7-3-8-18(19)30(33)34)21-20(22(31)28-23(21)32)14-11-27-16-6-2-1-5-13(14)16/h1-3,5-8,11-12,27H,4,9-10H2,(H3,25,26)(H,28,31,32). The first-order valence-electron chi connectivity index (χ1n) is 10.8. The summed E-state index contributed by atoms with van der Waals surface area (Å²) in [6, 6.07) is 12.2. The van der Waals surface area contributed by atoms with Crippen LogP contribution in [0, 0.1) is 15.5 Å². The molecule has 2 amide bonds. The SMILES string of the molecule is N=C(N)SCCCn1cc(C2=C(c3c[nH]c4ccccc34)C(=O)NC2=O)c2c([N+](=O)[O-])cccc21. The quantitative estimate of drug-likeness (QED) is 0.0776. The predicted molar refractivity (Wildman–Crippen MR) is 136 cm³/mol. The first-order chi connectivity index (χ1) is 16.9. The number of aromatic nitrogens is 2. The number of rotatable bonds is 7. The molecule has 0 saturated carbocycles. The van der Waals surface area contributed by atoms with E-state index in [9.17, 15) is 19.7 Å². The molecule has 2 aromatic carbocycles. The summed E-state index contributed by atoms with van der Waals surface area (Å²) in [4.78, 5) is 40.6. The number of amidine groups is 1. The van der Waals surface area contributed by atoms with E-state index in [4.69, 9.17) is 11.1 Å². The second-order valence-electron chi connectivity index (χ2n) is 8.01. The molecular weight excluding hydrogens is 468 g/mol. The number of non-ortho nitro benzene ring substituents is 1. The number of amides is 2. The van der Waals surface area contributed by atoms with Gasteiger partial charge < -0.3 is 15.3 Å². The zero-order valence-electron chi connectivity index (χ0n) is 18.3. The largest absolute Gasteiger partial charge is 0.379 e. The molecule has 0 fully saturated rings. The van der Waals surface area contributed by atoms with Crippen LogP contribution in [0.25, 0.3) is 33.0 Å². The Morgan fingerprint density at radius 1 is 1.09 bits per heavy atom.